The molecule has 1 aliphatic heterocycles. The highest BCUT2D eigenvalue weighted by Gasteiger charge is 2.26. The number of carbonyl (C=O) groups excluding carboxylic acids is 1. The van der Waals surface area contributed by atoms with Gasteiger partial charge in [0.15, 0.2) is 0 Å². The Morgan fingerprint density at radius 2 is 2.38 bits per heavy atom. The maximum absolute atomic E-state index is 12.2. The Morgan fingerprint density at radius 3 is 3.12 bits per heavy atom. The van der Waals surface area contributed by atoms with Gasteiger partial charge in [0.2, 0.25) is 0 Å². The lowest BCUT2D eigenvalue weighted by molar-refractivity contribution is 0.203. The molecule has 2 aromatic heterocycles. The molecule has 2 aromatic rings. The predicted octanol–water partition coefficient (Wildman–Crippen LogP) is 1.47. The second-order valence-corrected chi connectivity index (χ2v) is 6.10. The molecule has 3 heterocycles. The van der Waals surface area contributed by atoms with Gasteiger partial charge in [0.25, 0.3) is 0 Å². The molecule has 0 spiro atoms. The van der Waals surface area contributed by atoms with Crippen LogP contribution < -0.4 is 10.1 Å². The highest BCUT2D eigenvalue weighted by Crippen LogP contribution is 2.20. The van der Waals surface area contributed by atoms with Gasteiger partial charge < -0.3 is 15.0 Å². The summed E-state index contributed by atoms with van der Waals surface area (Å²) >= 11 is 0. The van der Waals surface area contributed by atoms with Crippen LogP contribution in [0.15, 0.2) is 36.9 Å². The van der Waals surface area contributed by atoms with Crippen molar-refractivity contribution >= 4 is 6.03 Å². The Labute approximate surface area is 141 Å². The number of rotatable bonds is 6. The number of nitrogens with one attached hydrogen (secondary N) is 1. The first kappa shape index (κ1) is 16.3. The van der Waals surface area contributed by atoms with E-state index < -0.39 is 0 Å². The van der Waals surface area contributed by atoms with Gasteiger partial charge in [-0.1, -0.05) is 0 Å². The highest BCUT2D eigenvalue weighted by atomic mass is 16.5. The van der Waals surface area contributed by atoms with Gasteiger partial charge in [0, 0.05) is 32.5 Å². The standard InChI is InChI=1S/C17H23N5O2/c1-21-12-15(10-20-21)9-14-4-7-22(13-14)17(23)19-6-8-24-16-3-2-5-18-11-16/h2-3,5,10-12,14H,4,6-9,13H2,1H3,(H,19,23)/t14-/m1/s1. The molecular weight excluding hydrogens is 306 g/mol. The molecular formula is C17H23N5O2. The number of ether oxygens (including phenoxy) is 1. The maximum atomic E-state index is 12.2. The number of amides is 2. The molecule has 0 unspecified atom stereocenters. The molecule has 0 bridgehead atoms. The minimum Gasteiger partial charge on any atom is -0.490 e. The Balaban J connectivity index is 1.35. The Morgan fingerprint density at radius 1 is 1.46 bits per heavy atom. The topological polar surface area (TPSA) is 72.3 Å². The van der Waals surface area contributed by atoms with Gasteiger partial charge in [-0.05, 0) is 36.5 Å². The molecule has 0 aliphatic carbocycles. The Bertz CT molecular complexity index is 658. The minimum absolute atomic E-state index is 0.0153. The van der Waals surface area contributed by atoms with Crippen LogP contribution in [-0.2, 0) is 13.5 Å². The van der Waals surface area contributed by atoms with Crippen LogP contribution in [0.2, 0.25) is 0 Å². The SMILES string of the molecule is Cn1cc(C[C@H]2CCN(C(=O)NCCOc3cccnc3)C2)cn1. The van der Waals surface area contributed by atoms with E-state index >= 15 is 0 Å². The largest absolute Gasteiger partial charge is 0.490 e. The molecule has 0 aromatic carbocycles. The molecule has 1 aliphatic rings. The van der Waals surface area contributed by atoms with Gasteiger partial charge in [-0.15, -0.1) is 0 Å². The van der Waals surface area contributed by atoms with E-state index in [1.54, 1.807) is 12.4 Å². The average molecular weight is 329 g/mol. The van der Waals surface area contributed by atoms with E-state index in [9.17, 15) is 4.79 Å². The molecule has 0 saturated carbocycles. The molecule has 7 nitrogen and oxygen atoms in total. The van der Waals surface area contributed by atoms with Crippen LogP contribution in [0.5, 0.6) is 5.75 Å². The van der Waals surface area contributed by atoms with Crippen LogP contribution in [0.4, 0.5) is 4.79 Å². The van der Waals surface area contributed by atoms with Gasteiger partial charge in [0.1, 0.15) is 12.4 Å². The second kappa shape index (κ2) is 7.81. The summed E-state index contributed by atoms with van der Waals surface area (Å²) in [5.74, 6) is 1.22. The highest BCUT2D eigenvalue weighted by molar-refractivity contribution is 5.74. The lowest BCUT2D eigenvalue weighted by Gasteiger charge is -2.17. The van der Waals surface area contributed by atoms with E-state index in [2.05, 4.69) is 15.4 Å². The average Bonchev–Trinajstić information content (AvgIpc) is 3.22. The van der Waals surface area contributed by atoms with Crippen LogP contribution in [-0.4, -0.2) is 51.9 Å². The van der Waals surface area contributed by atoms with Crippen LogP contribution in [0.25, 0.3) is 0 Å². The van der Waals surface area contributed by atoms with Gasteiger partial charge in [0.05, 0.1) is 18.9 Å². The monoisotopic (exact) mass is 329 g/mol. The summed E-state index contributed by atoms with van der Waals surface area (Å²) < 4.78 is 7.33. The minimum atomic E-state index is -0.0153. The van der Waals surface area contributed by atoms with E-state index in [0.717, 1.165) is 25.9 Å². The third-order valence-corrected chi connectivity index (χ3v) is 4.14. The van der Waals surface area contributed by atoms with Crippen molar-refractivity contribution in [2.24, 2.45) is 13.0 Å². The van der Waals surface area contributed by atoms with E-state index in [1.165, 1.54) is 5.56 Å². The molecule has 1 atom stereocenters. The van der Waals surface area contributed by atoms with Crippen molar-refractivity contribution in [1.82, 2.24) is 25.0 Å². The van der Waals surface area contributed by atoms with Crippen molar-refractivity contribution in [1.29, 1.82) is 0 Å². The number of pyridine rings is 1. The Kier molecular flexibility index (Phi) is 5.30. The molecule has 3 rings (SSSR count). The number of likely N-dealkylation sites (tertiary alicyclic amines) is 1. The van der Waals surface area contributed by atoms with Gasteiger partial charge in [-0.25, -0.2) is 4.79 Å². The first-order valence-electron chi connectivity index (χ1n) is 8.24. The number of hydrogen-bond acceptors (Lipinski definition) is 4. The second-order valence-electron chi connectivity index (χ2n) is 6.10. The van der Waals surface area contributed by atoms with Gasteiger partial charge in [-0.3, -0.25) is 9.67 Å². The van der Waals surface area contributed by atoms with E-state index in [1.807, 2.05) is 41.2 Å². The molecule has 128 valence electrons. The zero-order chi connectivity index (χ0) is 16.8. The third kappa shape index (κ3) is 4.47. The van der Waals surface area contributed by atoms with Crippen molar-refractivity contribution in [2.45, 2.75) is 12.8 Å². The molecule has 24 heavy (non-hydrogen) atoms. The van der Waals surface area contributed by atoms with Gasteiger partial charge >= 0.3 is 6.03 Å². The van der Waals surface area contributed by atoms with Crippen molar-refractivity contribution < 1.29 is 9.53 Å². The first-order valence-corrected chi connectivity index (χ1v) is 8.24. The fraction of sp³-hybridized carbons (Fsp3) is 0.471. The quantitative estimate of drug-likeness (QED) is 0.815. The summed E-state index contributed by atoms with van der Waals surface area (Å²) in [5, 5.41) is 7.10. The number of hydrogen-bond donors (Lipinski definition) is 1. The first-order chi connectivity index (χ1) is 11.7. The number of aryl methyl sites for hydroxylation is 1. The van der Waals surface area contributed by atoms with E-state index in [0.29, 0.717) is 24.8 Å². The lowest BCUT2D eigenvalue weighted by atomic mass is 10.0. The summed E-state index contributed by atoms with van der Waals surface area (Å²) in [7, 11) is 1.92. The smallest absolute Gasteiger partial charge is 0.317 e. The van der Waals surface area contributed by atoms with Crippen LogP contribution in [0.1, 0.15) is 12.0 Å². The molecule has 1 fully saturated rings. The van der Waals surface area contributed by atoms with Crippen molar-refractivity contribution in [3.8, 4) is 5.75 Å². The van der Waals surface area contributed by atoms with Gasteiger partial charge in [-0.2, -0.15) is 5.10 Å². The summed E-state index contributed by atoms with van der Waals surface area (Å²) in [6, 6.07) is 3.65. The van der Waals surface area contributed by atoms with Crippen molar-refractivity contribution in [3.05, 3.63) is 42.5 Å². The molecule has 1 saturated heterocycles. The zero-order valence-corrected chi connectivity index (χ0v) is 13.9. The normalized spacial score (nSPS) is 17.0. The summed E-state index contributed by atoms with van der Waals surface area (Å²) in [5.41, 5.74) is 1.23. The Hall–Kier alpha value is -2.57. The van der Waals surface area contributed by atoms with Crippen LogP contribution in [0, 0.1) is 5.92 Å². The predicted molar refractivity (Wildman–Crippen MR) is 89.7 cm³/mol. The fourth-order valence-corrected chi connectivity index (χ4v) is 2.97. The number of aromatic nitrogens is 3. The van der Waals surface area contributed by atoms with Crippen LogP contribution >= 0.6 is 0 Å². The summed E-state index contributed by atoms with van der Waals surface area (Å²) in [6.07, 6.45) is 9.31. The summed E-state index contributed by atoms with van der Waals surface area (Å²) in [4.78, 5) is 18.0. The number of urea groups is 1. The lowest BCUT2D eigenvalue weighted by Crippen LogP contribution is -2.40. The van der Waals surface area contributed by atoms with E-state index in [-0.39, 0.29) is 6.03 Å². The summed E-state index contributed by atoms with van der Waals surface area (Å²) in [6.45, 7) is 2.52. The van der Waals surface area contributed by atoms with Crippen molar-refractivity contribution in [2.75, 3.05) is 26.2 Å². The number of carbonyl (C=O) groups is 1. The zero-order valence-electron chi connectivity index (χ0n) is 13.9. The maximum Gasteiger partial charge on any atom is 0.317 e. The molecule has 7 heteroatoms. The van der Waals surface area contributed by atoms with Crippen LogP contribution in [0.3, 0.4) is 0 Å². The third-order valence-electron chi connectivity index (χ3n) is 4.14. The van der Waals surface area contributed by atoms with E-state index in [4.69, 9.17) is 4.74 Å². The number of nitrogens with zero attached hydrogens (tertiary/aromatic N) is 4. The molecule has 0 radical (unpaired) electrons. The van der Waals surface area contributed by atoms with Crippen molar-refractivity contribution in [3.63, 3.8) is 0 Å². The molecule has 1 N–H and O–H groups in total. The molecule has 2 amide bonds. The fourth-order valence-electron chi connectivity index (χ4n) is 2.97.